The number of carbonyl (C=O) groups is 3. The van der Waals surface area contributed by atoms with E-state index in [1.54, 1.807) is 56.6 Å². The second kappa shape index (κ2) is 6.49. The zero-order chi connectivity index (χ0) is 20.0. The van der Waals surface area contributed by atoms with Gasteiger partial charge in [0.05, 0.1) is 22.2 Å². The number of anilines is 1. The number of hydrogen-bond acceptors (Lipinski definition) is 4. The van der Waals surface area contributed by atoms with Gasteiger partial charge in [-0.25, -0.2) is 4.79 Å². The van der Waals surface area contributed by atoms with Crippen LogP contribution in [-0.2, 0) is 18.9 Å². The molecule has 0 aliphatic carbocycles. The van der Waals surface area contributed by atoms with Crippen molar-refractivity contribution in [3.05, 3.63) is 64.1 Å². The fourth-order valence-corrected chi connectivity index (χ4v) is 3.46. The number of nitrogens with zero attached hydrogens (tertiary/aromatic N) is 3. The smallest absolute Gasteiger partial charge is 0.326 e. The quantitative estimate of drug-likeness (QED) is 0.697. The van der Waals surface area contributed by atoms with Crippen LogP contribution in [0.2, 0.25) is 0 Å². The Labute approximate surface area is 160 Å². The number of benzene rings is 2. The van der Waals surface area contributed by atoms with Gasteiger partial charge in [-0.15, -0.1) is 0 Å². The lowest BCUT2D eigenvalue weighted by atomic mass is 10.1. The Bertz CT molecular complexity index is 1170. The number of imidazole rings is 1. The number of rotatable bonds is 4. The van der Waals surface area contributed by atoms with Gasteiger partial charge in [0.25, 0.3) is 11.8 Å². The second-order valence-corrected chi connectivity index (χ2v) is 6.71. The third kappa shape index (κ3) is 2.70. The van der Waals surface area contributed by atoms with Crippen LogP contribution >= 0.6 is 0 Å². The van der Waals surface area contributed by atoms with Crippen molar-refractivity contribution < 1.29 is 14.4 Å². The summed E-state index contributed by atoms with van der Waals surface area (Å²) in [6.07, 6.45) is -0.0166. The highest BCUT2D eigenvalue weighted by Gasteiger charge is 2.34. The largest absolute Gasteiger partial charge is 0.328 e. The predicted octanol–water partition coefficient (Wildman–Crippen LogP) is 1.50. The molecule has 0 saturated carbocycles. The molecule has 0 bridgehead atoms. The number of amides is 3. The summed E-state index contributed by atoms with van der Waals surface area (Å²) in [6.45, 7) is 0.00421. The van der Waals surface area contributed by atoms with Crippen LogP contribution in [0.25, 0.3) is 11.0 Å². The second-order valence-electron chi connectivity index (χ2n) is 6.71. The highest BCUT2D eigenvalue weighted by molar-refractivity contribution is 6.21. The highest BCUT2D eigenvalue weighted by Crippen LogP contribution is 2.23. The van der Waals surface area contributed by atoms with Crippen molar-refractivity contribution in [1.82, 2.24) is 14.0 Å². The number of aryl methyl sites for hydroxylation is 2. The molecular formula is C20H18N4O4. The minimum atomic E-state index is -0.380. The first-order valence-electron chi connectivity index (χ1n) is 8.79. The Hall–Kier alpha value is -3.68. The molecule has 2 heterocycles. The SMILES string of the molecule is Cn1c(=O)n(C)c2cc(NC(=O)CCN3C(=O)c4ccccc4C3=O)ccc21. The van der Waals surface area contributed by atoms with Gasteiger partial charge in [-0.1, -0.05) is 12.1 Å². The molecule has 0 atom stereocenters. The van der Waals surface area contributed by atoms with Crippen LogP contribution in [0.3, 0.4) is 0 Å². The van der Waals surface area contributed by atoms with E-state index in [0.717, 1.165) is 10.4 Å². The summed E-state index contributed by atoms with van der Waals surface area (Å²) in [5.41, 5.74) is 2.58. The van der Waals surface area contributed by atoms with E-state index < -0.39 is 0 Å². The van der Waals surface area contributed by atoms with Gasteiger partial charge in [0.15, 0.2) is 0 Å². The molecule has 1 aliphatic rings. The van der Waals surface area contributed by atoms with Gasteiger partial charge in [-0.05, 0) is 30.3 Å². The van der Waals surface area contributed by atoms with Crippen molar-refractivity contribution in [2.24, 2.45) is 14.1 Å². The van der Waals surface area contributed by atoms with E-state index >= 15 is 0 Å². The first-order chi connectivity index (χ1) is 13.4. The summed E-state index contributed by atoms with van der Waals surface area (Å²) >= 11 is 0. The van der Waals surface area contributed by atoms with E-state index in [9.17, 15) is 19.2 Å². The Morgan fingerprint density at radius 3 is 2.14 bits per heavy atom. The van der Waals surface area contributed by atoms with Gasteiger partial charge in [0.1, 0.15) is 0 Å². The zero-order valence-corrected chi connectivity index (χ0v) is 15.4. The van der Waals surface area contributed by atoms with Gasteiger partial charge in [0.2, 0.25) is 5.91 Å². The number of nitrogens with one attached hydrogen (secondary N) is 1. The van der Waals surface area contributed by atoms with Gasteiger partial charge in [-0.3, -0.25) is 28.4 Å². The molecule has 0 spiro atoms. The van der Waals surface area contributed by atoms with E-state index in [1.165, 1.54) is 9.13 Å². The molecule has 0 saturated heterocycles. The van der Waals surface area contributed by atoms with Crippen molar-refractivity contribution in [3.63, 3.8) is 0 Å². The minimum absolute atomic E-state index is 0.00421. The Balaban J connectivity index is 1.45. The first kappa shape index (κ1) is 17.7. The summed E-state index contributed by atoms with van der Waals surface area (Å²) in [7, 11) is 3.35. The third-order valence-corrected chi connectivity index (χ3v) is 5.00. The van der Waals surface area contributed by atoms with Crippen molar-refractivity contribution in [2.75, 3.05) is 11.9 Å². The van der Waals surface area contributed by atoms with Crippen LogP contribution in [0.1, 0.15) is 27.1 Å². The van der Waals surface area contributed by atoms with Gasteiger partial charge < -0.3 is 5.32 Å². The van der Waals surface area contributed by atoms with Crippen molar-refractivity contribution in [3.8, 4) is 0 Å². The first-order valence-corrected chi connectivity index (χ1v) is 8.79. The fourth-order valence-electron chi connectivity index (χ4n) is 3.46. The average molecular weight is 378 g/mol. The number of fused-ring (bicyclic) bond motifs is 2. The topological polar surface area (TPSA) is 93.4 Å². The number of imide groups is 1. The van der Waals surface area contributed by atoms with Gasteiger partial charge in [0, 0.05) is 32.7 Å². The molecule has 2 aromatic carbocycles. The number of aromatic nitrogens is 2. The molecule has 1 N–H and O–H groups in total. The van der Waals surface area contributed by atoms with Crippen LogP contribution in [0.15, 0.2) is 47.3 Å². The van der Waals surface area contributed by atoms with Crippen LogP contribution in [-0.4, -0.2) is 38.3 Å². The maximum absolute atomic E-state index is 12.3. The molecule has 28 heavy (non-hydrogen) atoms. The molecule has 1 aliphatic heterocycles. The molecule has 8 heteroatoms. The maximum atomic E-state index is 12.3. The lowest BCUT2D eigenvalue weighted by Crippen LogP contribution is -2.32. The Morgan fingerprint density at radius 2 is 1.50 bits per heavy atom. The van der Waals surface area contributed by atoms with E-state index in [0.29, 0.717) is 22.3 Å². The Kier molecular flexibility index (Phi) is 4.11. The van der Waals surface area contributed by atoms with Crippen molar-refractivity contribution in [1.29, 1.82) is 0 Å². The van der Waals surface area contributed by atoms with E-state index in [1.807, 2.05) is 0 Å². The molecule has 8 nitrogen and oxygen atoms in total. The fraction of sp³-hybridized carbons (Fsp3) is 0.200. The Morgan fingerprint density at radius 1 is 0.893 bits per heavy atom. The van der Waals surface area contributed by atoms with E-state index in [2.05, 4.69) is 5.32 Å². The predicted molar refractivity (Wildman–Crippen MR) is 103 cm³/mol. The van der Waals surface area contributed by atoms with Crippen molar-refractivity contribution >= 4 is 34.4 Å². The minimum Gasteiger partial charge on any atom is -0.326 e. The molecule has 0 fully saturated rings. The lowest BCUT2D eigenvalue weighted by Gasteiger charge is -2.13. The van der Waals surface area contributed by atoms with Gasteiger partial charge in [-0.2, -0.15) is 0 Å². The average Bonchev–Trinajstić information content (AvgIpc) is 3.06. The van der Waals surface area contributed by atoms with Crippen LogP contribution < -0.4 is 11.0 Å². The standard InChI is InChI=1S/C20H18N4O4/c1-22-15-8-7-12(11-16(15)23(2)20(22)28)21-17(25)9-10-24-18(26)13-5-3-4-6-14(13)19(24)27/h3-8,11H,9-10H2,1-2H3,(H,21,25). The van der Waals surface area contributed by atoms with Crippen molar-refractivity contribution in [2.45, 2.75) is 6.42 Å². The molecule has 3 aromatic rings. The molecule has 4 rings (SSSR count). The maximum Gasteiger partial charge on any atom is 0.328 e. The van der Waals surface area contributed by atoms with Gasteiger partial charge >= 0.3 is 5.69 Å². The van der Waals surface area contributed by atoms with E-state index in [4.69, 9.17) is 0 Å². The highest BCUT2D eigenvalue weighted by atomic mass is 16.2. The molecule has 142 valence electrons. The van der Waals surface area contributed by atoms with Crippen LogP contribution in [0.4, 0.5) is 5.69 Å². The summed E-state index contributed by atoms with van der Waals surface area (Å²) in [4.78, 5) is 50.1. The number of carbonyl (C=O) groups excluding carboxylic acids is 3. The summed E-state index contributed by atoms with van der Waals surface area (Å²) in [6, 6.07) is 11.8. The summed E-state index contributed by atoms with van der Waals surface area (Å²) < 4.78 is 3.03. The van der Waals surface area contributed by atoms with E-state index in [-0.39, 0.29) is 36.4 Å². The normalized spacial score (nSPS) is 13.3. The molecule has 3 amide bonds. The lowest BCUT2D eigenvalue weighted by molar-refractivity contribution is -0.116. The molecule has 0 radical (unpaired) electrons. The monoisotopic (exact) mass is 378 g/mol. The molecule has 0 unspecified atom stereocenters. The van der Waals surface area contributed by atoms with Crippen LogP contribution in [0, 0.1) is 0 Å². The zero-order valence-electron chi connectivity index (χ0n) is 15.4. The molecule has 1 aromatic heterocycles. The molecular weight excluding hydrogens is 360 g/mol. The van der Waals surface area contributed by atoms with Crippen LogP contribution in [0.5, 0.6) is 0 Å². The number of hydrogen-bond donors (Lipinski definition) is 1. The summed E-state index contributed by atoms with van der Waals surface area (Å²) in [5.74, 6) is -1.08. The summed E-state index contributed by atoms with van der Waals surface area (Å²) in [5, 5.41) is 2.75. The third-order valence-electron chi connectivity index (χ3n) is 5.00.